The Morgan fingerprint density at radius 3 is 2.50 bits per heavy atom. The number of hydrogen-bond acceptors (Lipinski definition) is 7. The average Bonchev–Trinajstić information content (AvgIpc) is 2.52. The van der Waals surface area contributed by atoms with Gasteiger partial charge in [-0.1, -0.05) is 20.8 Å². The molecule has 0 saturated carbocycles. The highest BCUT2D eigenvalue weighted by atomic mass is 16.6. The van der Waals surface area contributed by atoms with Crippen LogP contribution in [0.4, 0.5) is 0 Å². The first-order valence-corrected chi connectivity index (χ1v) is 7.43. The van der Waals surface area contributed by atoms with E-state index in [2.05, 4.69) is 5.32 Å². The molecule has 4 atom stereocenters. The fourth-order valence-corrected chi connectivity index (χ4v) is 2.02. The van der Waals surface area contributed by atoms with Crippen LogP contribution in [0.5, 0.6) is 0 Å². The van der Waals surface area contributed by atoms with E-state index in [1.807, 2.05) is 20.8 Å². The van der Waals surface area contributed by atoms with Crippen molar-refractivity contribution in [2.24, 2.45) is 5.41 Å². The number of carbonyl (C=O) groups excluding carboxylic acids is 1. The summed E-state index contributed by atoms with van der Waals surface area (Å²) in [6, 6.07) is 0. The molecular weight excluding hydrogens is 293 g/mol. The maximum absolute atomic E-state index is 12.0. The van der Waals surface area contributed by atoms with Gasteiger partial charge in [0.05, 0.1) is 31.9 Å². The first-order valence-electron chi connectivity index (χ1n) is 7.43. The van der Waals surface area contributed by atoms with Gasteiger partial charge in [-0.3, -0.25) is 4.79 Å². The minimum absolute atomic E-state index is 0.0140. The molecule has 22 heavy (non-hydrogen) atoms. The molecule has 9 heteroatoms. The lowest BCUT2D eigenvalue weighted by molar-refractivity contribution is -0.150. The molecule has 0 aromatic rings. The van der Waals surface area contributed by atoms with Crippen LogP contribution in [0.1, 0.15) is 27.2 Å². The number of carbonyl (C=O) groups is 1. The van der Waals surface area contributed by atoms with E-state index in [-0.39, 0.29) is 12.4 Å². The minimum atomic E-state index is -1.31. The summed E-state index contributed by atoms with van der Waals surface area (Å²) in [6.45, 7) is 4.46. The fourth-order valence-electron chi connectivity index (χ4n) is 2.02. The molecule has 1 amide bonds. The van der Waals surface area contributed by atoms with E-state index in [4.69, 9.17) is 14.4 Å². The number of nitrogens with one attached hydrogen (secondary N) is 1. The standard InChI is InChI=1S/C13H26BNO7/c1-4-13(2,3)12(20)15-7-14-21-9(6-17)10(19)11(22-14)8(18)5-16/h8-11,16-19H,4-7H2,1-3H3,(H,15,20). The molecule has 128 valence electrons. The van der Waals surface area contributed by atoms with Gasteiger partial charge in [0.25, 0.3) is 0 Å². The highest BCUT2D eigenvalue weighted by molar-refractivity contribution is 6.45. The predicted molar refractivity (Wildman–Crippen MR) is 78.8 cm³/mol. The summed E-state index contributed by atoms with van der Waals surface area (Å²) >= 11 is 0. The zero-order valence-corrected chi connectivity index (χ0v) is 13.2. The summed E-state index contributed by atoms with van der Waals surface area (Å²) < 4.78 is 10.7. The molecule has 0 aliphatic carbocycles. The van der Waals surface area contributed by atoms with Crippen molar-refractivity contribution in [3.8, 4) is 0 Å². The van der Waals surface area contributed by atoms with Gasteiger partial charge in [0, 0.05) is 5.41 Å². The SMILES string of the molecule is CCC(C)(C)C(=O)NCB1OC(CO)C(O)C(C(O)CO)O1. The molecule has 0 radical (unpaired) electrons. The second-order valence-electron chi connectivity index (χ2n) is 6.08. The molecule has 0 aromatic carbocycles. The van der Waals surface area contributed by atoms with Gasteiger partial charge in [-0.15, -0.1) is 0 Å². The molecule has 4 unspecified atom stereocenters. The lowest BCUT2D eigenvalue weighted by Crippen LogP contribution is -2.60. The summed E-state index contributed by atoms with van der Waals surface area (Å²) in [7, 11) is -0.927. The van der Waals surface area contributed by atoms with Crippen LogP contribution in [-0.4, -0.2) is 77.5 Å². The van der Waals surface area contributed by atoms with Crippen LogP contribution in [0.15, 0.2) is 0 Å². The van der Waals surface area contributed by atoms with Gasteiger partial charge in [0.15, 0.2) is 0 Å². The van der Waals surface area contributed by atoms with E-state index < -0.39 is 50.2 Å². The Bertz CT molecular complexity index is 368. The van der Waals surface area contributed by atoms with Crippen molar-refractivity contribution in [1.82, 2.24) is 5.32 Å². The highest BCUT2D eigenvalue weighted by Crippen LogP contribution is 2.21. The van der Waals surface area contributed by atoms with Crippen LogP contribution in [0, 0.1) is 5.41 Å². The van der Waals surface area contributed by atoms with Crippen LogP contribution in [0.25, 0.3) is 0 Å². The predicted octanol–water partition coefficient (Wildman–Crippen LogP) is -1.94. The van der Waals surface area contributed by atoms with Crippen LogP contribution >= 0.6 is 0 Å². The van der Waals surface area contributed by atoms with E-state index in [1.165, 1.54) is 0 Å². The van der Waals surface area contributed by atoms with Crippen molar-refractivity contribution in [3.05, 3.63) is 0 Å². The smallest absolute Gasteiger partial charge is 0.402 e. The monoisotopic (exact) mass is 319 g/mol. The largest absolute Gasteiger partial charge is 0.478 e. The topological polar surface area (TPSA) is 128 Å². The maximum atomic E-state index is 12.0. The lowest BCUT2D eigenvalue weighted by atomic mass is 9.82. The fraction of sp³-hybridized carbons (Fsp3) is 0.923. The Morgan fingerprint density at radius 1 is 1.36 bits per heavy atom. The van der Waals surface area contributed by atoms with E-state index in [0.29, 0.717) is 6.42 Å². The Balaban J connectivity index is 2.65. The molecule has 1 aliphatic heterocycles. The number of aliphatic hydroxyl groups is 4. The van der Waals surface area contributed by atoms with E-state index >= 15 is 0 Å². The van der Waals surface area contributed by atoms with Gasteiger partial charge in [-0.05, 0) is 6.42 Å². The number of amides is 1. The summed E-state index contributed by atoms with van der Waals surface area (Å²) in [5, 5.41) is 40.5. The molecule has 1 rings (SSSR count). The third-order valence-corrected chi connectivity index (χ3v) is 4.03. The number of hydrogen-bond donors (Lipinski definition) is 5. The quantitative estimate of drug-likeness (QED) is 0.345. The van der Waals surface area contributed by atoms with E-state index in [9.17, 15) is 20.1 Å². The first kappa shape index (κ1) is 19.3. The van der Waals surface area contributed by atoms with Gasteiger partial charge >= 0.3 is 7.12 Å². The third kappa shape index (κ3) is 4.64. The van der Waals surface area contributed by atoms with Crippen molar-refractivity contribution in [2.75, 3.05) is 19.7 Å². The molecule has 0 spiro atoms. The molecule has 0 bridgehead atoms. The summed E-state index contributed by atoms with van der Waals surface area (Å²) in [6.07, 6.45) is -3.96. The molecule has 1 heterocycles. The summed E-state index contributed by atoms with van der Waals surface area (Å²) in [4.78, 5) is 12.0. The molecular formula is C13H26BNO7. The third-order valence-electron chi connectivity index (χ3n) is 4.03. The van der Waals surface area contributed by atoms with Gasteiger partial charge < -0.3 is 35.1 Å². The molecule has 1 aliphatic rings. The van der Waals surface area contributed by atoms with Crippen molar-refractivity contribution >= 4 is 13.0 Å². The summed E-state index contributed by atoms with van der Waals surface area (Å²) in [5.74, 6) is -0.173. The number of aliphatic hydroxyl groups excluding tert-OH is 4. The van der Waals surface area contributed by atoms with E-state index in [1.54, 1.807) is 0 Å². The Labute approximate surface area is 130 Å². The maximum Gasteiger partial charge on any atom is 0.478 e. The van der Waals surface area contributed by atoms with E-state index in [0.717, 1.165) is 0 Å². The molecule has 1 fully saturated rings. The Morgan fingerprint density at radius 2 is 2.00 bits per heavy atom. The first-order chi connectivity index (χ1) is 10.3. The second-order valence-corrected chi connectivity index (χ2v) is 6.08. The zero-order valence-electron chi connectivity index (χ0n) is 13.2. The van der Waals surface area contributed by atoms with Crippen LogP contribution < -0.4 is 5.32 Å². The molecule has 0 aromatic heterocycles. The van der Waals surface area contributed by atoms with Crippen molar-refractivity contribution < 1.29 is 34.5 Å². The Kier molecular flexibility index (Phi) is 7.24. The van der Waals surface area contributed by atoms with Crippen molar-refractivity contribution in [3.63, 3.8) is 0 Å². The van der Waals surface area contributed by atoms with Crippen LogP contribution in [0.3, 0.4) is 0 Å². The van der Waals surface area contributed by atoms with Crippen molar-refractivity contribution in [2.45, 2.75) is 51.6 Å². The second kappa shape index (κ2) is 8.23. The van der Waals surface area contributed by atoms with Gasteiger partial charge in [-0.25, -0.2) is 0 Å². The lowest BCUT2D eigenvalue weighted by Gasteiger charge is -2.39. The minimum Gasteiger partial charge on any atom is -0.402 e. The molecule has 8 nitrogen and oxygen atoms in total. The average molecular weight is 319 g/mol. The highest BCUT2D eigenvalue weighted by Gasteiger charge is 2.44. The normalized spacial score (nSPS) is 27.6. The van der Waals surface area contributed by atoms with Crippen LogP contribution in [-0.2, 0) is 14.1 Å². The van der Waals surface area contributed by atoms with Gasteiger partial charge in [0.2, 0.25) is 5.91 Å². The van der Waals surface area contributed by atoms with Crippen molar-refractivity contribution in [1.29, 1.82) is 0 Å². The molecule has 5 N–H and O–H groups in total. The Hall–Kier alpha value is -0.705. The number of rotatable bonds is 7. The van der Waals surface area contributed by atoms with Gasteiger partial charge in [0.1, 0.15) is 12.2 Å². The zero-order chi connectivity index (χ0) is 16.9. The van der Waals surface area contributed by atoms with Crippen LogP contribution in [0.2, 0.25) is 0 Å². The summed E-state index contributed by atoms with van der Waals surface area (Å²) in [5.41, 5.74) is -0.533. The molecule has 1 saturated heterocycles. The van der Waals surface area contributed by atoms with Gasteiger partial charge in [-0.2, -0.15) is 0 Å².